The Labute approximate surface area is 198 Å². The Kier molecular flexibility index (Phi) is 30.9. The van der Waals surface area contributed by atoms with Gasteiger partial charge in [-0.3, -0.25) is 14.6 Å². The first-order valence-electron chi connectivity index (χ1n) is 10.7. The van der Waals surface area contributed by atoms with Crippen molar-refractivity contribution in [3.05, 3.63) is 0 Å². The number of hydrogen-bond acceptors (Lipinski definition) is 9. The molecule has 0 atom stereocenters. The molecule has 2 amide bonds. The number of methoxy groups -OCH3 is 1. The molecule has 0 aromatic carbocycles. The highest BCUT2D eigenvalue weighted by Gasteiger charge is 2.14. The molecule has 2 fully saturated rings. The van der Waals surface area contributed by atoms with E-state index in [-0.39, 0.29) is 0 Å². The molecule has 0 aliphatic carbocycles. The van der Waals surface area contributed by atoms with Gasteiger partial charge in [0.05, 0.1) is 44.9 Å². The predicted molar refractivity (Wildman–Crippen MR) is 125 cm³/mol. The number of ether oxygens (including phenoxy) is 4. The third-order valence-corrected chi connectivity index (χ3v) is 3.37. The molecule has 3 aliphatic heterocycles. The Hall–Kier alpha value is -2.73. The number of carbonyl (C=O) groups is 2. The first-order chi connectivity index (χ1) is 15.8. The van der Waals surface area contributed by atoms with Crippen LogP contribution in [-0.4, -0.2) is 103 Å². The van der Waals surface area contributed by atoms with Gasteiger partial charge in [-0.1, -0.05) is 6.92 Å². The predicted octanol–water partition coefficient (Wildman–Crippen LogP) is 1.84. The summed E-state index contributed by atoms with van der Waals surface area (Å²) in [4.78, 5) is 27.1. The van der Waals surface area contributed by atoms with Crippen LogP contribution >= 0.6 is 0 Å². The number of likely N-dealkylation sites (tertiary alicyclic amines) is 1. The van der Waals surface area contributed by atoms with Crippen LogP contribution in [0.5, 0.6) is 0 Å². The summed E-state index contributed by atoms with van der Waals surface area (Å²) in [5.74, 6) is 1.12. The number of rotatable bonds is 3. The molecule has 0 aromatic rings. The van der Waals surface area contributed by atoms with Gasteiger partial charge >= 0.3 is 0 Å². The van der Waals surface area contributed by atoms with E-state index in [1.54, 1.807) is 26.1 Å². The fraction of sp³-hybridized carbons (Fsp3) is 0.773. The van der Waals surface area contributed by atoms with Crippen LogP contribution < -0.4 is 0 Å². The van der Waals surface area contributed by atoms with Gasteiger partial charge in [0.15, 0.2) is 5.90 Å². The molecule has 0 radical (unpaired) electrons. The van der Waals surface area contributed by atoms with Crippen LogP contribution in [0.1, 0.15) is 39.5 Å². The molecule has 190 valence electrons. The van der Waals surface area contributed by atoms with Gasteiger partial charge in [0.2, 0.25) is 12.3 Å². The number of nitrogens with zero attached hydrogens (tertiary/aromatic N) is 5. The molecule has 0 N–H and O–H groups in total. The number of hydrogen-bond donors (Lipinski definition) is 0. The molecular formula is C22H41N5O6. The fourth-order valence-electron chi connectivity index (χ4n) is 1.67. The number of amides is 2. The van der Waals surface area contributed by atoms with E-state index in [2.05, 4.69) is 9.73 Å². The van der Waals surface area contributed by atoms with E-state index in [1.165, 1.54) is 4.90 Å². The van der Waals surface area contributed by atoms with Crippen molar-refractivity contribution < 1.29 is 28.5 Å². The standard InChI is InChI=1S/C5H9NO.2C4H7NO.C3H7NO.C3H5N.C3H6O2/c1-6-4-2-3-5(6)7;1-4-5-2-3-6-4;1-6-4-2-3-5;1-4(2)3-5;1-2-3-4;1-2-5-3-4-1/h2-4H2,1H3;2-3H2,1H3;2,4H2,1H3;3H,1-2H3;2H2,1H3;1-3H2. The van der Waals surface area contributed by atoms with Crippen molar-refractivity contribution >= 4 is 18.2 Å². The van der Waals surface area contributed by atoms with Crippen LogP contribution in [0.15, 0.2) is 4.99 Å². The maximum Gasteiger partial charge on any atom is 0.222 e. The second-order valence-corrected chi connectivity index (χ2v) is 6.58. The zero-order valence-electron chi connectivity index (χ0n) is 21.0. The number of carbonyl (C=O) groups excluding carboxylic acids is 2. The van der Waals surface area contributed by atoms with Crippen LogP contribution in [0.2, 0.25) is 0 Å². The maximum absolute atomic E-state index is 10.5. The van der Waals surface area contributed by atoms with Crippen LogP contribution in [0.4, 0.5) is 0 Å². The number of aliphatic imine (C=N–C) groups is 1. The van der Waals surface area contributed by atoms with Crippen molar-refractivity contribution in [3.8, 4) is 12.1 Å². The van der Waals surface area contributed by atoms with E-state index in [1.807, 2.05) is 33.0 Å². The second-order valence-electron chi connectivity index (χ2n) is 6.58. The summed E-state index contributed by atoms with van der Waals surface area (Å²) in [5, 5.41) is 15.5. The SMILES string of the molecule is C1COCO1.CC1=NCCO1.CCC#N.CN(C)C=O.CN1CCCC1=O.COCCC#N. The van der Waals surface area contributed by atoms with Crippen LogP contribution in [0.3, 0.4) is 0 Å². The van der Waals surface area contributed by atoms with Gasteiger partial charge in [-0.2, -0.15) is 10.5 Å². The molecule has 0 aromatic heterocycles. The molecule has 3 rings (SSSR count). The van der Waals surface area contributed by atoms with Crippen molar-refractivity contribution in [3.63, 3.8) is 0 Å². The van der Waals surface area contributed by atoms with Crippen LogP contribution in [0.25, 0.3) is 0 Å². The summed E-state index contributed by atoms with van der Waals surface area (Å²) in [5.41, 5.74) is 0. The zero-order chi connectivity index (χ0) is 25.7. The highest BCUT2D eigenvalue weighted by molar-refractivity contribution is 5.77. The van der Waals surface area contributed by atoms with Crippen molar-refractivity contribution in [1.82, 2.24) is 9.80 Å². The van der Waals surface area contributed by atoms with Crippen molar-refractivity contribution in [1.29, 1.82) is 10.5 Å². The van der Waals surface area contributed by atoms with Gasteiger partial charge in [-0.05, 0) is 6.42 Å². The first kappa shape index (κ1) is 34.9. The normalized spacial score (nSPS) is 14.7. The number of nitriles is 2. The summed E-state index contributed by atoms with van der Waals surface area (Å²) < 4.78 is 18.9. The van der Waals surface area contributed by atoms with Crippen molar-refractivity contribution in [2.24, 2.45) is 4.99 Å². The molecule has 11 nitrogen and oxygen atoms in total. The molecule has 3 aliphatic rings. The monoisotopic (exact) mass is 471 g/mol. The minimum atomic E-state index is 0.292. The van der Waals surface area contributed by atoms with E-state index >= 15 is 0 Å². The molecule has 0 bridgehead atoms. The summed E-state index contributed by atoms with van der Waals surface area (Å²) >= 11 is 0. The lowest BCUT2D eigenvalue weighted by Gasteiger charge is -2.03. The Morgan fingerprint density at radius 1 is 1.21 bits per heavy atom. The summed E-state index contributed by atoms with van der Waals surface area (Å²) in [6.07, 6.45) is 3.68. The van der Waals surface area contributed by atoms with Crippen molar-refractivity contribution in [2.75, 3.05) is 74.6 Å². The smallest absolute Gasteiger partial charge is 0.222 e. The Morgan fingerprint density at radius 2 is 1.79 bits per heavy atom. The molecule has 2 saturated heterocycles. The minimum absolute atomic E-state index is 0.292. The van der Waals surface area contributed by atoms with Crippen molar-refractivity contribution in [2.45, 2.75) is 39.5 Å². The summed E-state index contributed by atoms with van der Waals surface area (Å²) in [6.45, 7) is 8.89. The molecule has 11 heteroatoms. The van der Waals surface area contributed by atoms with Gasteiger partial charge in [0.25, 0.3) is 0 Å². The topological polar surface area (TPSA) is 137 Å². The Bertz CT molecular complexity index is 561. The average molecular weight is 472 g/mol. The summed E-state index contributed by atoms with van der Waals surface area (Å²) in [6, 6.07) is 3.87. The summed E-state index contributed by atoms with van der Waals surface area (Å²) in [7, 11) is 6.80. The van der Waals surface area contributed by atoms with E-state index in [9.17, 15) is 9.59 Å². The van der Waals surface area contributed by atoms with Gasteiger partial charge < -0.3 is 28.7 Å². The van der Waals surface area contributed by atoms with E-state index in [4.69, 9.17) is 24.7 Å². The zero-order valence-corrected chi connectivity index (χ0v) is 21.0. The van der Waals surface area contributed by atoms with E-state index < -0.39 is 0 Å². The van der Waals surface area contributed by atoms with Gasteiger partial charge in [-0.15, -0.1) is 0 Å². The lowest BCUT2D eigenvalue weighted by Crippen LogP contribution is -2.17. The first-order valence-corrected chi connectivity index (χ1v) is 10.7. The quantitative estimate of drug-likeness (QED) is 0.449. The highest BCUT2D eigenvalue weighted by atomic mass is 16.7. The largest absolute Gasteiger partial charge is 0.479 e. The van der Waals surface area contributed by atoms with Gasteiger partial charge in [0, 0.05) is 54.6 Å². The lowest BCUT2D eigenvalue weighted by molar-refractivity contribution is -0.126. The van der Waals surface area contributed by atoms with E-state index in [0.29, 0.717) is 32.1 Å². The van der Waals surface area contributed by atoms with Crippen LogP contribution in [-0.2, 0) is 28.5 Å². The highest BCUT2D eigenvalue weighted by Crippen LogP contribution is 2.04. The Balaban J connectivity index is -0.000000330. The minimum Gasteiger partial charge on any atom is -0.479 e. The molecule has 3 heterocycles. The third kappa shape index (κ3) is 34.1. The van der Waals surface area contributed by atoms with Gasteiger partial charge in [0.1, 0.15) is 13.4 Å². The molecule has 0 saturated carbocycles. The third-order valence-electron chi connectivity index (χ3n) is 3.37. The molecule has 33 heavy (non-hydrogen) atoms. The Morgan fingerprint density at radius 3 is 1.91 bits per heavy atom. The van der Waals surface area contributed by atoms with E-state index in [0.717, 1.165) is 58.1 Å². The van der Waals surface area contributed by atoms with Gasteiger partial charge in [-0.25, -0.2) is 0 Å². The molecule has 0 spiro atoms. The van der Waals surface area contributed by atoms with Crippen LogP contribution in [0, 0.1) is 22.7 Å². The lowest BCUT2D eigenvalue weighted by atomic mass is 10.4. The molecular weight excluding hydrogens is 430 g/mol. The fourth-order valence-corrected chi connectivity index (χ4v) is 1.67. The average Bonchev–Trinajstić information content (AvgIpc) is 3.61. The molecule has 0 unspecified atom stereocenters. The maximum atomic E-state index is 10.5. The second kappa shape index (κ2) is 29.3.